The van der Waals surface area contributed by atoms with Gasteiger partial charge in [0, 0.05) is 6.54 Å². The fraction of sp³-hybridized carbons (Fsp3) is 0.182. The fourth-order valence-corrected chi connectivity index (χ4v) is 1.21. The third-order valence-corrected chi connectivity index (χ3v) is 1.84. The smallest absolute Gasteiger partial charge is 0.172 e. The molecule has 1 aromatic rings. The maximum Gasteiger partial charge on any atom is 0.172 e. The highest BCUT2D eigenvalue weighted by Crippen LogP contribution is 2.24. The summed E-state index contributed by atoms with van der Waals surface area (Å²) in [7, 11) is 1.33. The van der Waals surface area contributed by atoms with E-state index >= 15 is 0 Å². The van der Waals surface area contributed by atoms with Crippen LogP contribution in [0, 0.1) is 17.1 Å². The van der Waals surface area contributed by atoms with E-state index in [1.807, 2.05) is 6.07 Å². The molecule has 0 saturated heterocycles. The third-order valence-electron chi connectivity index (χ3n) is 1.84. The number of hydrogen-bond acceptors (Lipinski definition) is 3. The van der Waals surface area contributed by atoms with Gasteiger partial charge < -0.3 is 10.5 Å². The van der Waals surface area contributed by atoms with Crippen molar-refractivity contribution in [3.63, 3.8) is 0 Å². The van der Waals surface area contributed by atoms with Crippen LogP contribution in [-0.4, -0.2) is 13.7 Å². The minimum Gasteiger partial charge on any atom is -0.492 e. The molecule has 1 aromatic carbocycles. The number of nitrogens with two attached hydrogens (primary N) is 1. The molecule has 0 fully saturated rings. The average Bonchev–Trinajstić information content (AvgIpc) is 2.25. The van der Waals surface area contributed by atoms with Crippen LogP contribution in [0.15, 0.2) is 18.2 Å². The molecule has 0 aliphatic carbocycles. The van der Waals surface area contributed by atoms with Crippen molar-refractivity contribution in [2.45, 2.75) is 0 Å². The zero-order chi connectivity index (χ0) is 11.3. The Morgan fingerprint density at radius 2 is 2.33 bits per heavy atom. The second kappa shape index (κ2) is 5.13. The monoisotopic (exact) mass is 206 g/mol. The first-order valence-electron chi connectivity index (χ1n) is 4.37. The Morgan fingerprint density at radius 3 is 2.87 bits per heavy atom. The molecule has 0 radical (unpaired) electrons. The standard InChI is InChI=1S/C11H11FN2O/c1-15-11-9(7-14)5-8(3-2-4-13)6-10(11)12/h2-3,5-6H,4,13H2,1H3/b3-2+. The van der Waals surface area contributed by atoms with Gasteiger partial charge in [-0.3, -0.25) is 0 Å². The van der Waals surface area contributed by atoms with Crippen molar-refractivity contribution in [1.29, 1.82) is 5.26 Å². The molecule has 0 amide bonds. The molecule has 0 atom stereocenters. The zero-order valence-electron chi connectivity index (χ0n) is 8.33. The zero-order valence-corrected chi connectivity index (χ0v) is 8.33. The summed E-state index contributed by atoms with van der Waals surface area (Å²) in [5.41, 5.74) is 6.04. The molecule has 0 aromatic heterocycles. The predicted molar refractivity (Wildman–Crippen MR) is 55.8 cm³/mol. The van der Waals surface area contributed by atoms with E-state index in [0.29, 0.717) is 12.1 Å². The van der Waals surface area contributed by atoms with Gasteiger partial charge >= 0.3 is 0 Å². The molecule has 4 heteroatoms. The largest absolute Gasteiger partial charge is 0.492 e. The first-order chi connectivity index (χ1) is 7.22. The van der Waals surface area contributed by atoms with E-state index in [1.165, 1.54) is 13.2 Å². The van der Waals surface area contributed by atoms with Crippen molar-refractivity contribution < 1.29 is 9.13 Å². The molecule has 0 unspecified atom stereocenters. The number of ether oxygens (including phenoxy) is 1. The molecule has 0 bridgehead atoms. The summed E-state index contributed by atoms with van der Waals surface area (Å²) < 4.78 is 18.2. The summed E-state index contributed by atoms with van der Waals surface area (Å²) in [6, 6.07) is 4.72. The quantitative estimate of drug-likeness (QED) is 0.818. The highest BCUT2D eigenvalue weighted by molar-refractivity contribution is 5.57. The molecule has 0 aliphatic heterocycles. The van der Waals surface area contributed by atoms with Crippen LogP contribution >= 0.6 is 0 Å². The van der Waals surface area contributed by atoms with Gasteiger partial charge in [-0.05, 0) is 17.7 Å². The SMILES string of the molecule is COc1c(F)cc(/C=C/CN)cc1C#N. The molecule has 0 heterocycles. The normalized spacial score (nSPS) is 10.3. The van der Waals surface area contributed by atoms with E-state index in [1.54, 1.807) is 18.2 Å². The van der Waals surface area contributed by atoms with Crippen molar-refractivity contribution in [2.75, 3.05) is 13.7 Å². The molecule has 1 rings (SSSR count). The molecule has 0 spiro atoms. The molecule has 0 aliphatic rings. The number of nitrogens with zero attached hydrogens (tertiary/aromatic N) is 1. The lowest BCUT2D eigenvalue weighted by molar-refractivity contribution is 0.385. The minimum atomic E-state index is -0.548. The van der Waals surface area contributed by atoms with Gasteiger partial charge in [-0.25, -0.2) is 4.39 Å². The van der Waals surface area contributed by atoms with Crippen molar-refractivity contribution >= 4 is 6.08 Å². The Kier molecular flexibility index (Phi) is 3.83. The summed E-state index contributed by atoms with van der Waals surface area (Å²) in [6.07, 6.45) is 3.34. The molecule has 78 valence electrons. The van der Waals surface area contributed by atoms with Crippen LogP contribution in [0.5, 0.6) is 5.75 Å². The van der Waals surface area contributed by atoms with Crippen LogP contribution in [-0.2, 0) is 0 Å². The third kappa shape index (κ3) is 2.55. The summed E-state index contributed by atoms with van der Waals surface area (Å²) in [4.78, 5) is 0. The summed E-state index contributed by atoms with van der Waals surface area (Å²) in [6.45, 7) is 0.371. The minimum absolute atomic E-state index is 0.0256. The van der Waals surface area contributed by atoms with Crippen molar-refractivity contribution in [3.05, 3.63) is 35.2 Å². The Bertz CT molecular complexity index is 421. The van der Waals surface area contributed by atoms with Crippen LogP contribution in [0.2, 0.25) is 0 Å². The van der Waals surface area contributed by atoms with Gasteiger partial charge in [0.1, 0.15) is 6.07 Å². The van der Waals surface area contributed by atoms with E-state index in [2.05, 4.69) is 0 Å². The van der Waals surface area contributed by atoms with Gasteiger partial charge in [-0.15, -0.1) is 0 Å². The Labute approximate surface area is 87.6 Å². The lowest BCUT2D eigenvalue weighted by Gasteiger charge is -2.04. The Hall–Kier alpha value is -1.86. The molecule has 15 heavy (non-hydrogen) atoms. The fourth-order valence-electron chi connectivity index (χ4n) is 1.21. The maximum atomic E-state index is 13.4. The second-order valence-corrected chi connectivity index (χ2v) is 2.83. The van der Waals surface area contributed by atoms with E-state index in [9.17, 15) is 4.39 Å². The highest BCUT2D eigenvalue weighted by Gasteiger charge is 2.09. The van der Waals surface area contributed by atoms with Gasteiger partial charge in [0.05, 0.1) is 12.7 Å². The first kappa shape index (κ1) is 11.2. The van der Waals surface area contributed by atoms with Gasteiger partial charge in [-0.2, -0.15) is 5.26 Å². The topological polar surface area (TPSA) is 59.0 Å². The van der Waals surface area contributed by atoms with Crippen LogP contribution in [0.1, 0.15) is 11.1 Å². The number of nitriles is 1. The number of hydrogen-bond donors (Lipinski definition) is 1. The van der Waals surface area contributed by atoms with E-state index in [-0.39, 0.29) is 11.3 Å². The van der Waals surface area contributed by atoms with Crippen LogP contribution in [0.25, 0.3) is 6.08 Å². The molecule has 3 nitrogen and oxygen atoms in total. The second-order valence-electron chi connectivity index (χ2n) is 2.83. The van der Waals surface area contributed by atoms with Crippen molar-refractivity contribution in [2.24, 2.45) is 5.73 Å². The highest BCUT2D eigenvalue weighted by atomic mass is 19.1. The summed E-state index contributed by atoms with van der Waals surface area (Å²) >= 11 is 0. The average molecular weight is 206 g/mol. The van der Waals surface area contributed by atoms with Gasteiger partial charge in [0.2, 0.25) is 0 Å². The van der Waals surface area contributed by atoms with Crippen LogP contribution in [0.4, 0.5) is 4.39 Å². The maximum absolute atomic E-state index is 13.4. The van der Waals surface area contributed by atoms with Gasteiger partial charge in [0.25, 0.3) is 0 Å². The predicted octanol–water partition coefficient (Wildman–Crippen LogP) is 1.68. The summed E-state index contributed by atoms with van der Waals surface area (Å²) in [5, 5.41) is 8.78. The first-order valence-corrected chi connectivity index (χ1v) is 4.37. The molecule has 2 N–H and O–H groups in total. The summed E-state index contributed by atoms with van der Waals surface area (Å²) in [5.74, 6) is -0.574. The lowest BCUT2D eigenvalue weighted by Crippen LogP contribution is -1.95. The molecule has 0 saturated carbocycles. The van der Waals surface area contributed by atoms with Crippen molar-refractivity contribution in [3.8, 4) is 11.8 Å². The van der Waals surface area contributed by atoms with Crippen molar-refractivity contribution in [1.82, 2.24) is 0 Å². The van der Waals surface area contributed by atoms with E-state index < -0.39 is 5.82 Å². The van der Waals surface area contributed by atoms with Gasteiger partial charge in [-0.1, -0.05) is 12.2 Å². The van der Waals surface area contributed by atoms with E-state index in [0.717, 1.165) is 0 Å². The number of methoxy groups -OCH3 is 1. The number of rotatable bonds is 3. The Morgan fingerprint density at radius 1 is 1.60 bits per heavy atom. The molecular weight excluding hydrogens is 195 g/mol. The van der Waals surface area contributed by atoms with Gasteiger partial charge in [0.15, 0.2) is 11.6 Å². The number of benzene rings is 1. The van der Waals surface area contributed by atoms with Crippen LogP contribution in [0.3, 0.4) is 0 Å². The molecular formula is C11H11FN2O. The lowest BCUT2D eigenvalue weighted by atomic mass is 10.1. The van der Waals surface area contributed by atoms with Crippen LogP contribution < -0.4 is 10.5 Å². The number of halogens is 1. The Balaban J connectivity index is 3.21. The van der Waals surface area contributed by atoms with E-state index in [4.69, 9.17) is 15.7 Å².